The summed E-state index contributed by atoms with van der Waals surface area (Å²) in [7, 11) is 0. The Kier molecular flexibility index (Phi) is 6.79. The Morgan fingerprint density at radius 1 is 0.971 bits per heavy atom. The third-order valence-electron chi connectivity index (χ3n) is 7.27. The van der Waals surface area contributed by atoms with Gasteiger partial charge in [-0.25, -0.2) is 4.79 Å². The van der Waals surface area contributed by atoms with Crippen LogP contribution in [0, 0.1) is 5.92 Å². The number of carbonyl (C=O) groups excluding carboxylic acids is 2. The molecule has 3 fully saturated rings. The highest BCUT2D eigenvalue weighted by Gasteiger charge is 2.49. The lowest BCUT2D eigenvalue weighted by molar-refractivity contribution is -0.938. The number of Topliss-reactive ketones (excluding diaryl/α,β-unsaturated/α-hetero) is 1. The van der Waals surface area contributed by atoms with Gasteiger partial charge in [-0.2, -0.15) is 0 Å². The van der Waals surface area contributed by atoms with Gasteiger partial charge in [0.1, 0.15) is 19.1 Å². The first-order valence-electron chi connectivity index (χ1n) is 12.1. The van der Waals surface area contributed by atoms with Crippen molar-refractivity contribution < 1.29 is 18.8 Å². The second kappa shape index (κ2) is 10.1. The highest BCUT2D eigenvalue weighted by Crippen LogP contribution is 2.36. The van der Waals surface area contributed by atoms with Crippen molar-refractivity contribution in [3.8, 4) is 0 Å². The molecule has 0 saturated carbocycles. The van der Waals surface area contributed by atoms with E-state index < -0.39 is 6.04 Å². The lowest BCUT2D eigenvalue weighted by atomic mass is 9.83. The number of hydrogen-bond acceptors (Lipinski definition) is 5. The van der Waals surface area contributed by atoms with Gasteiger partial charge in [-0.3, -0.25) is 4.79 Å². The van der Waals surface area contributed by atoms with Crippen LogP contribution in [0.1, 0.15) is 28.1 Å². The number of thiophene rings is 1. The number of fused-ring (bicyclic) bond motifs is 3. The molecule has 6 heteroatoms. The van der Waals surface area contributed by atoms with E-state index in [9.17, 15) is 9.59 Å². The lowest BCUT2D eigenvalue weighted by Gasteiger charge is -2.51. The van der Waals surface area contributed by atoms with E-state index in [4.69, 9.17) is 4.74 Å². The topological polar surface area (TPSA) is 55.4 Å². The van der Waals surface area contributed by atoms with Crippen molar-refractivity contribution in [3.63, 3.8) is 0 Å². The Bertz CT molecular complexity index is 1050. The first-order valence-corrected chi connectivity index (χ1v) is 13.0. The summed E-state index contributed by atoms with van der Waals surface area (Å²) in [6, 6.07) is 23.2. The van der Waals surface area contributed by atoms with Gasteiger partial charge in [0.25, 0.3) is 0 Å². The minimum absolute atomic E-state index is 0.137. The number of ketones is 1. The number of rotatable bonds is 9. The van der Waals surface area contributed by atoms with Crippen molar-refractivity contribution >= 4 is 28.8 Å². The maximum absolute atomic E-state index is 13.5. The normalized spacial score (nSPS) is 24.4. The molecule has 2 atom stereocenters. The molecule has 1 aromatic heterocycles. The maximum atomic E-state index is 13.5. The van der Waals surface area contributed by atoms with Crippen LogP contribution in [-0.4, -0.2) is 54.6 Å². The number of para-hydroxylation sites is 1. The molecule has 4 heterocycles. The van der Waals surface area contributed by atoms with Gasteiger partial charge in [0.05, 0.1) is 18.0 Å². The van der Waals surface area contributed by atoms with Gasteiger partial charge in [-0.05, 0) is 29.1 Å². The molecule has 0 unspecified atom stereocenters. The number of nitrogens with one attached hydrogen (secondary N) is 1. The zero-order valence-corrected chi connectivity index (χ0v) is 20.1. The molecule has 2 bridgehead atoms. The van der Waals surface area contributed by atoms with E-state index in [1.54, 1.807) is 0 Å². The molecule has 2 aromatic carbocycles. The third kappa shape index (κ3) is 5.24. The number of esters is 1. The Labute approximate surface area is 205 Å². The van der Waals surface area contributed by atoms with E-state index in [0.29, 0.717) is 18.9 Å². The van der Waals surface area contributed by atoms with E-state index >= 15 is 0 Å². The number of anilines is 1. The molecule has 3 aliphatic heterocycles. The van der Waals surface area contributed by atoms with Crippen LogP contribution in [0.15, 0.2) is 78.2 Å². The zero-order chi connectivity index (χ0) is 23.4. The van der Waals surface area contributed by atoms with Gasteiger partial charge in [-0.15, -0.1) is 11.3 Å². The van der Waals surface area contributed by atoms with Gasteiger partial charge in [0, 0.05) is 30.9 Å². The fraction of sp³-hybridized carbons (Fsp3) is 0.357. The predicted molar refractivity (Wildman–Crippen MR) is 135 cm³/mol. The molecule has 34 heavy (non-hydrogen) atoms. The predicted octanol–water partition coefficient (Wildman–Crippen LogP) is 4.81. The number of benzene rings is 2. The summed E-state index contributed by atoms with van der Waals surface area (Å²) in [6.07, 6.45) is 2.43. The summed E-state index contributed by atoms with van der Waals surface area (Å²) < 4.78 is 6.94. The van der Waals surface area contributed by atoms with Gasteiger partial charge in [0.15, 0.2) is 6.10 Å². The van der Waals surface area contributed by atoms with Gasteiger partial charge < -0.3 is 14.5 Å². The first-order chi connectivity index (χ1) is 16.6. The van der Waals surface area contributed by atoms with Crippen LogP contribution in [0.5, 0.6) is 0 Å². The number of hydrogen-bond donors (Lipinski definition) is 1. The Hall–Kier alpha value is -2.96. The molecule has 0 spiro atoms. The van der Waals surface area contributed by atoms with Crippen LogP contribution >= 0.6 is 11.3 Å². The van der Waals surface area contributed by atoms with Crippen LogP contribution in [0.2, 0.25) is 0 Å². The van der Waals surface area contributed by atoms with Crippen LogP contribution < -0.4 is 5.32 Å². The van der Waals surface area contributed by atoms with Crippen molar-refractivity contribution in [1.82, 2.24) is 0 Å². The molecular formula is C28H31N2O3S+. The molecule has 1 N–H and O–H groups in total. The van der Waals surface area contributed by atoms with Gasteiger partial charge in [0.2, 0.25) is 5.78 Å². The fourth-order valence-corrected chi connectivity index (χ4v) is 6.06. The Morgan fingerprint density at radius 3 is 2.35 bits per heavy atom. The minimum atomic E-state index is -0.471. The van der Waals surface area contributed by atoms with Crippen LogP contribution in [0.25, 0.3) is 0 Å². The first kappa shape index (κ1) is 22.8. The number of nitrogens with zero attached hydrogens (tertiary/aromatic N) is 1. The zero-order valence-electron chi connectivity index (χ0n) is 19.3. The molecule has 176 valence electrons. The highest BCUT2D eigenvalue weighted by atomic mass is 32.1. The molecular weight excluding hydrogens is 444 g/mol. The summed E-state index contributed by atoms with van der Waals surface area (Å²) in [5, 5.41) is 5.34. The van der Waals surface area contributed by atoms with Crippen molar-refractivity contribution in [2.24, 2.45) is 5.92 Å². The monoisotopic (exact) mass is 475 g/mol. The molecule has 5 nitrogen and oxygen atoms in total. The minimum Gasteiger partial charge on any atom is -0.455 e. The van der Waals surface area contributed by atoms with Crippen molar-refractivity contribution in [2.75, 3.05) is 31.5 Å². The summed E-state index contributed by atoms with van der Waals surface area (Å²) in [4.78, 5) is 27.2. The van der Waals surface area contributed by atoms with Crippen molar-refractivity contribution in [1.29, 1.82) is 0 Å². The van der Waals surface area contributed by atoms with Crippen molar-refractivity contribution in [2.45, 2.75) is 31.4 Å². The quantitative estimate of drug-likeness (QED) is 0.274. The third-order valence-corrected chi connectivity index (χ3v) is 8.18. The van der Waals surface area contributed by atoms with E-state index in [-0.39, 0.29) is 17.9 Å². The number of piperidine rings is 3. The second-order valence-corrected chi connectivity index (χ2v) is 10.5. The van der Waals surface area contributed by atoms with Crippen molar-refractivity contribution in [3.05, 3.63) is 88.6 Å². The standard InChI is InChI=1S/C28H31N2O3S/c31-25(27-12-7-17-34-27)19-30-15-13-22(14-16-30)26(20-30)33-28(32)24(18-21-8-3-1-4-9-21)29-23-10-5-2-6-11-23/h1-12,17,22,24,26,29H,13-16,18-20H2/q+1/t22?,24-,26-,30?/m0/s1. The molecule has 3 aliphatic rings. The Morgan fingerprint density at radius 2 is 1.68 bits per heavy atom. The molecule has 3 aromatic rings. The van der Waals surface area contributed by atoms with E-state index in [1.807, 2.05) is 78.2 Å². The second-order valence-electron chi connectivity index (χ2n) is 9.60. The molecule has 0 aliphatic carbocycles. The summed E-state index contributed by atoms with van der Waals surface area (Å²) in [6.45, 7) is 3.21. The Balaban J connectivity index is 1.29. The number of quaternary nitrogens is 1. The SMILES string of the molecule is O=C(C[N+]12CCC(CC1)[C@@H](OC(=O)[C@H](Cc1ccccc1)Nc1ccccc1)C2)c1cccs1. The maximum Gasteiger partial charge on any atom is 0.329 e. The largest absolute Gasteiger partial charge is 0.455 e. The van der Waals surface area contributed by atoms with E-state index in [2.05, 4.69) is 5.32 Å². The average molecular weight is 476 g/mol. The fourth-order valence-electron chi connectivity index (χ4n) is 5.41. The van der Waals surface area contributed by atoms with Crippen LogP contribution in [0.4, 0.5) is 5.69 Å². The molecule has 0 amide bonds. The summed E-state index contributed by atoms with van der Waals surface area (Å²) in [5.41, 5.74) is 1.99. The van der Waals surface area contributed by atoms with Gasteiger partial charge >= 0.3 is 5.97 Å². The van der Waals surface area contributed by atoms with E-state index in [1.165, 1.54) is 11.3 Å². The van der Waals surface area contributed by atoms with Crippen LogP contribution in [0.3, 0.4) is 0 Å². The lowest BCUT2D eigenvalue weighted by Crippen LogP contribution is -2.66. The number of ether oxygens (including phenoxy) is 1. The molecule has 6 rings (SSSR count). The summed E-state index contributed by atoms with van der Waals surface area (Å²) in [5.74, 6) is 0.372. The van der Waals surface area contributed by atoms with Crippen LogP contribution in [-0.2, 0) is 16.0 Å². The van der Waals surface area contributed by atoms with E-state index in [0.717, 1.165) is 53.1 Å². The summed E-state index contributed by atoms with van der Waals surface area (Å²) >= 11 is 1.51. The highest BCUT2D eigenvalue weighted by molar-refractivity contribution is 7.12. The number of carbonyl (C=O) groups is 2. The average Bonchev–Trinajstić information content (AvgIpc) is 3.41. The van der Waals surface area contributed by atoms with Gasteiger partial charge in [-0.1, -0.05) is 54.6 Å². The molecule has 0 radical (unpaired) electrons. The molecule has 3 saturated heterocycles. The smallest absolute Gasteiger partial charge is 0.329 e.